The lowest BCUT2D eigenvalue weighted by Crippen LogP contribution is -2.38. The monoisotopic (exact) mass is 518 g/mol. The molecule has 8 heteroatoms. The molecule has 2 N–H and O–H groups in total. The van der Waals surface area contributed by atoms with Crippen LogP contribution < -0.4 is 20.1 Å². The molecule has 0 atom stereocenters. The van der Waals surface area contributed by atoms with E-state index in [2.05, 4.69) is 33.6 Å². The van der Waals surface area contributed by atoms with Crippen molar-refractivity contribution >= 4 is 41.3 Å². The fourth-order valence-electron chi connectivity index (χ4n) is 2.67. The van der Waals surface area contributed by atoms with E-state index >= 15 is 0 Å². The molecule has 1 heterocycles. The van der Waals surface area contributed by atoms with Crippen molar-refractivity contribution in [3.63, 3.8) is 0 Å². The number of methoxy groups -OCH3 is 2. The number of nitrogens with zero attached hydrogens (tertiary/aromatic N) is 2. The highest BCUT2D eigenvalue weighted by Crippen LogP contribution is 2.27. The molecule has 0 aliphatic rings. The summed E-state index contributed by atoms with van der Waals surface area (Å²) in [6, 6.07) is 6.06. The molecule has 0 saturated carbocycles. The number of guanidine groups is 1. The van der Waals surface area contributed by atoms with E-state index in [1.165, 1.54) is 15.4 Å². The molecular formula is C20H31IN4O2S. The Hall–Kier alpha value is -1.55. The number of hydrogen-bond acceptors (Lipinski definition) is 5. The van der Waals surface area contributed by atoms with Crippen molar-refractivity contribution in [1.82, 2.24) is 15.6 Å². The number of aryl methyl sites for hydroxylation is 2. The normalized spacial score (nSPS) is 10.9. The van der Waals surface area contributed by atoms with Crippen LogP contribution in [0.3, 0.4) is 0 Å². The van der Waals surface area contributed by atoms with Crippen LogP contribution in [0.15, 0.2) is 29.4 Å². The summed E-state index contributed by atoms with van der Waals surface area (Å²) < 4.78 is 10.6. The van der Waals surface area contributed by atoms with Gasteiger partial charge in [-0.15, -0.1) is 35.3 Å². The molecule has 1 aromatic heterocycles. The average molecular weight is 518 g/mol. The summed E-state index contributed by atoms with van der Waals surface area (Å²) in [6.45, 7) is 3.83. The van der Waals surface area contributed by atoms with Gasteiger partial charge in [0, 0.05) is 37.6 Å². The van der Waals surface area contributed by atoms with Gasteiger partial charge in [-0.1, -0.05) is 13.0 Å². The summed E-state index contributed by atoms with van der Waals surface area (Å²) in [4.78, 5) is 10.1. The molecular weight excluding hydrogens is 487 g/mol. The van der Waals surface area contributed by atoms with Gasteiger partial charge in [-0.05, 0) is 37.0 Å². The van der Waals surface area contributed by atoms with E-state index in [0.717, 1.165) is 56.2 Å². The maximum Gasteiger partial charge on any atom is 0.190 e. The first-order valence-electron chi connectivity index (χ1n) is 9.29. The van der Waals surface area contributed by atoms with Crippen molar-refractivity contribution in [1.29, 1.82) is 0 Å². The van der Waals surface area contributed by atoms with Crippen molar-refractivity contribution in [2.24, 2.45) is 4.99 Å². The van der Waals surface area contributed by atoms with Crippen LogP contribution >= 0.6 is 35.3 Å². The number of ether oxygens (including phenoxy) is 2. The zero-order chi connectivity index (χ0) is 19.5. The summed E-state index contributed by atoms with van der Waals surface area (Å²) in [6.07, 6.45) is 5.90. The van der Waals surface area contributed by atoms with E-state index in [9.17, 15) is 0 Å². The Balaban J connectivity index is 0.00000392. The largest absolute Gasteiger partial charge is 0.493 e. The molecule has 6 nitrogen and oxygen atoms in total. The van der Waals surface area contributed by atoms with E-state index in [-0.39, 0.29) is 24.0 Å². The van der Waals surface area contributed by atoms with Gasteiger partial charge in [0.25, 0.3) is 0 Å². The van der Waals surface area contributed by atoms with Gasteiger partial charge in [0.15, 0.2) is 17.5 Å². The minimum Gasteiger partial charge on any atom is -0.493 e. The minimum absolute atomic E-state index is 0. The Morgan fingerprint density at radius 2 is 1.86 bits per heavy atom. The second kappa shape index (κ2) is 13.6. The Morgan fingerprint density at radius 3 is 2.50 bits per heavy atom. The second-order valence-electron chi connectivity index (χ2n) is 6.04. The van der Waals surface area contributed by atoms with Crippen molar-refractivity contribution in [2.45, 2.75) is 32.6 Å². The van der Waals surface area contributed by atoms with E-state index in [4.69, 9.17) is 9.47 Å². The first-order chi connectivity index (χ1) is 13.2. The molecule has 0 bridgehead atoms. The topological polar surface area (TPSA) is 67.8 Å². The first-order valence-corrected chi connectivity index (χ1v) is 10.1. The number of hydrogen-bond donors (Lipinski definition) is 2. The van der Waals surface area contributed by atoms with E-state index in [0.29, 0.717) is 0 Å². The van der Waals surface area contributed by atoms with Crippen LogP contribution in [0.4, 0.5) is 0 Å². The number of aliphatic imine (C=N–C) groups is 1. The fraction of sp³-hybridized carbons (Fsp3) is 0.500. The molecule has 2 rings (SSSR count). The summed E-state index contributed by atoms with van der Waals surface area (Å²) in [5.74, 6) is 2.36. The molecule has 2 aromatic rings. The molecule has 0 amide bonds. The van der Waals surface area contributed by atoms with Crippen molar-refractivity contribution in [2.75, 3.05) is 34.4 Å². The third-order valence-corrected chi connectivity index (χ3v) is 5.39. The van der Waals surface area contributed by atoms with Crippen molar-refractivity contribution in [3.05, 3.63) is 39.8 Å². The molecule has 0 fully saturated rings. The molecule has 0 aliphatic carbocycles. The number of aromatic nitrogens is 1. The highest BCUT2D eigenvalue weighted by atomic mass is 127. The number of nitrogens with one attached hydrogen (secondary N) is 2. The minimum atomic E-state index is 0. The number of thiazole rings is 1. The Morgan fingerprint density at radius 1 is 1.11 bits per heavy atom. The zero-order valence-corrected chi connectivity index (χ0v) is 20.2. The maximum absolute atomic E-state index is 5.35. The van der Waals surface area contributed by atoms with Gasteiger partial charge in [-0.25, -0.2) is 4.98 Å². The van der Waals surface area contributed by atoms with Crippen LogP contribution in [0.5, 0.6) is 11.5 Å². The van der Waals surface area contributed by atoms with Gasteiger partial charge < -0.3 is 20.1 Å². The lowest BCUT2D eigenvalue weighted by atomic mass is 10.1. The second-order valence-corrected chi connectivity index (χ2v) is 7.24. The highest BCUT2D eigenvalue weighted by Gasteiger charge is 2.05. The van der Waals surface area contributed by atoms with Crippen LogP contribution in [-0.4, -0.2) is 45.3 Å². The van der Waals surface area contributed by atoms with Gasteiger partial charge in [0.2, 0.25) is 0 Å². The predicted molar refractivity (Wildman–Crippen MR) is 128 cm³/mol. The average Bonchev–Trinajstić information content (AvgIpc) is 3.17. The summed E-state index contributed by atoms with van der Waals surface area (Å²) in [5.41, 5.74) is 1.23. The third-order valence-electron chi connectivity index (χ3n) is 4.19. The fourth-order valence-corrected chi connectivity index (χ4v) is 3.53. The molecule has 0 aliphatic heterocycles. The zero-order valence-electron chi connectivity index (χ0n) is 17.1. The van der Waals surface area contributed by atoms with Gasteiger partial charge in [-0.3, -0.25) is 4.99 Å². The summed E-state index contributed by atoms with van der Waals surface area (Å²) in [7, 11) is 5.10. The predicted octanol–water partition coefficient (Wildman–Crippen LogP) is 3.68. The van der Waals surface area contributed by atoms with Gasteiger partial charge in [0.05, 0.1) is 19.2 Å². The van der Waals surface area contributed by atoms with Crippen molar-refractivity contribution in [3.8, 4) is 11.5 Å². The number of halogens is 1. The summed E-state index contributed by atoms with van der Waals surface area (Å²) >= 11 is 1.79. The molecule has 156 valence electrons. The SMILES string of the molecule is CCc1cnc(CCNC(=NC)NCCCc2ccc(OC)c(OC)c2)s1.I. The van der Waals surface area contributed by atoms with Crippen LogP contribution in [0.25, 0.3) is 0 Å². The Labute approximate surface area is 189 Å². The highest BCUT2D eigenvalue weighted by molar-refractivity contribution is 14.0. The van der Waals surface area contributed by atoms with Gasteiger partial charge in [0.1, 0.15) is 0 Å². The molecule has 0 saturated heterocycles. The Bertz CT molecular complexity index is 737. The molecule has 28 heavy (non-hydrogen) atoms. The Kier molecular flexibility index (Phi) is 11.9. The molecule has 1 aromatic carbocycles. The van der Waals surface area contributed by atoms with E-state index in [1.54, 1.807) is 32.6 Å². The lowest BCUT2D eigenvalue weighted by Gasteiger charge is -2.12. The smallest absolute Gasteiger partial charge is 0.190 e. The molecule has 0 radical (unpaired) electrons. The lowest BCUT2D eigenvalue weighted by molar-refractivity contribution is 0.354. The van der Waals surface area contributed by atoms with Crippen LogP contribution in [0.1, 0.15) is 28.8 Å². The molecule has 0 spiro atoms. The third kappa shape index (κ3) is 7.83. The van der Waals surface area contributed by atoms with E-state index < -0.39 is 0 Å². The van der Waals surface area contributed by atoms with Gasteiger partial charge >= 0.3 is 0 Å². The number of benzene rings is 1. The van der Waals surface area contributed by atoms with Crippen LogP contribution in [0, 0.1) is 0 Å². The van der Waals surface area contributed by atoms with E-state index in [1.807, 2.05) is 18.3 Å². The quantitative estimate of drug-likeness (QED) is 0.218. The standard InChI is InChI=1S/C20H30N4O2S.HI/c1-5-16-14-24-19(27-16)10-12-23-20(21-2)22-11-6-7-15-8-9-17(25-3)18(13-15)26-4;/h8-9,13-14H,5-7,10-12H2,1-4H3,(H2,21,22,23);1H. The van der Waals surface area contributed by atoms with Gasteiger partial charge in [-0.2, -0.15) is 0 Å². The van der Waals surface area contributed by atoms with Crippen LogP contribution in [-0.2, 0) is 19.3 Å². The number of rotatable bonds is 10. The summed E-state index contributed by atoms with van der Waals surface area (Å²) in [5, 5.41) is 7.88. The van der Waals surface area contributed by atoms with Crippen LogP contribution in [0.2, 0.25) is 0 Å². The molecule has 0 unspecified atom stereocenters. The van der Waals surface area contributed by atoms with Crippen molar-refractivity contribution < 1.29 is 9.47 Å². The maximum atomic E-state index is 5.35. The first kappa shape index (κ1) is 24.5.